The summed E-state index contributed by atoms with van der Waals surface area (Å²) >= 11 is 0. The molecule has 2 aromatic rings. The summed E-state index contributed by atoms with van der Waals surface area (Å²) in [4.78, 5) is 29.0. The highest BCUT2D eigenvalue weighted by molar-refractivity contribution is 6.11. The number of aromatic nitrogens is 1. The molecule has 1 aromatic carbocycles. The molecule has 0 aliphatic heterocycles. The molecule has 1 heterocycles. The molecule has 0 spiro atoms. The zero-order valence-electron chi connectivity index (χ0n) is 12.8. The quantitative estimate of drug-likeness (QED) is 0.491. The lowest BCUT2D eigenvalue weighted by atomic mass is 9.85. The van der Waals surface area contributed by atoms with E-state index < -0.39 is 11.4 Å². The molecule has 0 bridgehead atoms. The average Bonchev–Trinajstić information content (AvgIpc) is 2.46. The molecule has 21 heavy (non-hydrogen) atoms. The molecule has 1 aromatic heterocycles. The van der Waals surface area contributed by atoms with Crippen LogP contribution in [0.1, 0.15) is 36.8 Å². The van der Waals surface area contributed by atoms with Crippen LogP contribution in [0.25, 0.3) is 10.9 Å². The maximum atomic E-state index is 12.6. The monoisotopic (exact) mass is 285 g/mol. The van der Waals surface area contributed by atoms with E-state index in [0.717, 1.165) is 16.5 Å². The standard InChI is InChI=1S/C17H19NO3/c1-5-21-16(20)17(3,4)15(19)14-10-11(2)12-8-6-7-9-13(12)18-14/h6-10H,5H2,1-4H3. The van der Waals surface area contributed by atoms with E-state index in [-0.39, 0.29) is 12.4 Å². The van der Waals surface area contributed by atoms with Gasteiger partial charge in [0.05, 0.1) is 12.1 Å². The van der Waals surface area contributed by atoms with Crippen molar-refractivity contribution in [2.24, 2.45) is 5.41 Å². The summed E-state index contributed by atoms with van der Waals surface area (Å²) in [6.07, 6.45) is 0. The largest absolute Gasteiger partial charge is 0.465 e. The number of pyridine rings is 1. The van der Waals surface area contributed by atoms with E-state index in [9.17, 15) is 9.59 Å². The van der Waals surface area contributed by atoms with Gasteiger partial charge in [-0.1, -0.05) is 18.2 Å². The Bertz CT molecular complexity index is 704. The lowest BCUT2D eigenvalue weighted by Crippen LogP contribution is -2.35. The molecular weight excluding hydrogens is 266 g/mol. The van der Waals surface area contributed by atoms with Gasteiger partial charge in [0.1, 0.15) is 11.1 Å². The number of nitrogens with zero attached hydrogens (tertiary/aromatic N) is 1. The Hall–Kier alpha value is -2.23. The minimum Gasteiger partial charge on any atom is -0.465 e. The van der Waals surface area contributed by atoms with E-state index in [1.807, 2.05) is 31.2 Å². The predicted molar refractivity (Wildman–Crippen MR) is 81.2 cm³/mol. The van der Waals surface area contributed by atoms with Crippen LogP contribution in [0.2, 0.25) is 0 Å². The van der Waals surface area contributed by atoms with E-state index >= 15 is 0 Å². The number of carbonyl (C=O) groups is 2. The summed E-state index contributed by atoms with van der Waals surface area (Å²) in [5.74, 6) is -0.850. The van der Waals surface area contributed by atoms with E-state index in [1.165, 1.54) is 0 Å². The van der Waals surface area contributed by atoms with Crippen molar-refractivity contribution in [3.8, 4) is 0 Å². The fourth-order valence-electron chi connectivity index (χ4n) is 2.19. The number of hydrogen-bond donors (Lipinski definition) is 0. The van der Waals surface area contributed by atoms with Gasteiger partial charge in [-0.05, 0) is 45.4 Å². The van der Waals surface area contributed by atoms with E-state index in [2.05, 4.69) is 4.98 Å². The highest BCUT2D eigenvalue weighted by Gasteiger charge is 2.39. The highest BCUT2D eigenvalue weighted by atomic mass is 16.5. The maximum absolute atomic E-state index is 12.6. The molecule has 0 unspecified atom stereocenters. The van der Waals surface area contributed by atoms with Crippen LogP contribution in [0.15, 0.2) is 30.3 Å². The fraction of sp³-hybridized carbons (Fsp3) is 0.353. The van der Waals surface area contributed by atoms with Crippen LogP contribution >= 0.6 is 0 Å². The Morgan fingerprint density at radius 3 is 2.57 bits per heavy atom. The third-order valence-electron chi connectivity index (χ3n) is 3.51. The van der Waals surface area contributed by atoms with Crippen molar-refractivity contribution < 1.29 is 14.3 Å². The van der Waals surface area contributed by atoms with Crippen molar-refractivity contribution in [2.75, 3.05) is 6.61 Å². The number of hydrogen-bond acceptors (Lipinski definition) is 4. The Labute approximate surface area is 124 Å². The van der Waals surface area contributed by atoms with Gasteiger partial charge < -0.3 is 4.74 Å². The molecule has 0 N–H and O–H groups in total. The summed E-state index contributed by atoms with van der Waals surface area (Å²) in [5.41, 5.74) is 0.770. The second-order valence-corrected chi connectivity index (χ2v) is 5.52. The van der Waals surface area contributed by atoms with Crippen LogP contribution in [-0.4, -0.2) is 23.3 Å². The van der Waals surface area contributed by atoms with Gasteiger partial charge in [0.25, 0.3) is 0 Å². The Morgan fingerprint density at radius 2 is 1.90 bits per heavy atom. The van der Waals surface area contributed by atoms with Gasteiger partial charge in [-0.25, -0.2) is 4.98 Å². The number of esters is 1. The Kier molecular flexibility index (Phi) is 4.07. The number of benzene rings is 1. The first-order valence-electron chi connectivity index (χ1n) is 6.96. The van der Waals surface area contributed by atoms with Gasteiger partial charge in [-0.2, -0.15) is 0 Å². The number of ketones is 1. The lowest BCUT2D eigenvalue weighted by molar-refractivity contribution is -0.150. The first-order valence-corrected chi connectivity index (χ1v) is 6.96. The summed E-state index contributed by atoms with van der Waals surface area (Å²) in [6.45, 7) is 7.04. The van der Waals surface area contributed by atoms with Gasteiger partial charge in [-0.3, -0.25) is 9.59 Å². The first-order chi connectivity index (χ1) is 9.87. The molecule has 0 saturated heterocycles. The number of carbonyl (C=O) groups excluding carboxylic acids is 2. The summed E-state index contributed by atoms with van der Waals surface area (Å²) in [5, 5.41) is 1.00. The first kappa shape index (κ1) is 15.2. The SMILES string of the molecule is CCOC(=O)C(C)(C)C(=O)c1cc(C)c2ccccc2n1. The topological polar surface area (TPSA) is 56.3 Å². The van der Waals surface area contributed by atoms with Gasteiger partial charge in [-0.15, -0.1) is 0 Å². The van der Waals surface area contributed by atoms with Crippen LogP contribution in [0.5, 0.6) is 0 Å². The summed E-state index contributed by atoms with van der Waals surface area (Å²) in [6, 6.07) is 9.35. The van der Waals surface area contributed by atoms with Crippen molar-refractivity contribution in [3.05, 3.63) is 41.6 Å². The van der Waals surface area contributed by atoms with Gasteiger partial charge in [0.2, 0.25) is 0 Å². The summed E-state index contributed by atoms with van der Waals surface area (Å²) in [7, 11) is 0. The molecule has 0 atom stereocenters. The van der Waals surface area contributed by atoms with Crippen molar-refractivity contribution >= 4 is 22.7 Å². The number of fused-ring (bicyclic) bond motifs is 1. The molecule has 0 radical (unpaired) electrons. The van der Waals surface area contributed by atoms with Crippen molar-refractivity contribution in [1.29, 1.82) is 0 Å². The maximum Gasteiger partial charge on any atom is 0.319 e. The molecule has 110 valence electrons. The number of rotatable bonds is 4. The zero-order chi connectivity index (χ0) is 15.6. The molecule has 4 heteroatoms. The molecule has 0 aliphatic carbocycles. The van der Waals surface area contributed by atoms with Crippen molar-refractivity contribution in [1.82, 2.24) is 4.98 Å². The minimum absolute atomic E-state index is 0.250. The third kappa shape index (κ3) is 2.79. The Morgan fingerprint density at radius 1 is 1.24 bits per heavy atom. The predicted octanol–water partition coefficient (Wildman–Crippen LogP) is 3.32. The fourth-order valence-corrected chi connectivity index (χ4v) is 2.19. The van der Waals surface area contributed by atoms with Crippen LogP contribution in [0, 0.1) is 12.3 Å². The second-order valence-electron chi connectivity index (χ2n) is 5.52. The van der Waals surface area contributed by atoms with Crippen LogP contribution < -0.4 is 0 Å². The van der Waals surface area contributed by atoms with Crippen molar-refractivity contribution in [2.45, 2.75) is 27.7 Å². The second kappa shape index (κ2) is 5.64. The van der Waals surface area contributed by atoms with E-state index in [0.29, 0.717) is 5.69 Å². The number of ether oxygens (including phenoxy) is 1. The van der Waals surface area contributed by atoms with Crippen LogP contribution in [-0.2, 0) is 9.53 Å². The smallest absolute Gasteiger partial charge is 0.319 e. The molecule has 0 amide bonds. The number of para-hydroxylation sites is 1. The zero-order valence-corrected chi connectivity index (χ0v) is 12.8. The molecule has 0 fully saturated rings. The van der Waals surface area contributed by atoms with Gasteiger partial charge >= 0.3 is 5.97 Å². The molecule has 2 rings (SSSR count). The van der Waals surface area contributed by atoms with Crippen LogP contribution in [0.3, 0.4) is 0 Å². The summed E-state index contributed by atoms with van der Waals surface area (Å²) < 4.78 is 4.98. The normalized spacial score (nSPS) is 11.4. The third-order valence-corrected chi connectivity index (χ3v) is 3.51. The van der Waals surface area contributed by atoms with E-state index in [1.54, 1.807) is 26.8 Å². The number of Topliss-reactive ketones (excluding diaryl/α,β-unsaturated/α-hetero) is 1. The highest BCUT2D eigenvalue weighted by Crippen LogP contribution is 2.25. The minimum atomic E-state index is -1.24. The molecule has 4 nitrogen and oxygen atoms in total. The van der Waals surface area contributed by atoms with Crippen molar-refractivity contribution in [3.63, 3.8) is 0 Å². The molecule has 0 aliphatic rings. The lowest BCUT2D eigenvalue weighted by Gasteiger charge is -2.20. The number of aryl methyl sites for hydroxylation is 1. The van der Waals surface area contributed by atoms with E-state index in [4.69, 9.17) is 4.74 Å². The molecule has 0 saturated carbocycles. The Balaban J connectivity index is 2.46. The van der Waals surface area contributed by atoms with Gasteiger partial charge in [0.15, 0.2) is 5.78 Å². The van der Waals surface area contributed by atoms with Gasteiger partial charge in [0, 0.05) is 5.39 Å². The molecular formula is C17H19NO3. The van der Waals surface area contributed by atoms with Crippen LogP contribution in [0.4, 0.5) is 0 Å². The average molecular weight is 285 g/mol.